The van der Waals surface area contributed by atoms with Crippen LogP contribution < -0.4 is 9.47 Å². The van der Waals surface area contributed by atoms with Crippen LogP contribution in [0.1, 0.15) is 21.5 Å². The van der Waals surface area contributed by atoms with Crippen LogP contribution in [0.25, 0.3) is 6.08 Å². The summed E-state index contributed by atoms with van der Waals surface area (Å²) in [4.78, 5) is 12.3. The molecule has 0 bridgehead atoms. The van der Waals surface area contributed by atoms with E-state index in [4.69, 9.17) is 9.47 Å². The van der Waals surface area contributed by atoms with Crippen LogP contribution in [0.4, 0.5) is 13.2 Å². The Balaban J connectivity index is 2.36. The number of ketones is 1. The van der Waals surface area contributed by atoms with Gasteiger partial charge in [0.25, 0.3) is 0 Å². The van der Waals surface area contributed by atoms with Gasteiger partial charge in [0.2, 0.25) is 0 Å². The molecule has 0 saturated heterocycles. The predicted molar refractivity (Wildman–Crippen MR) is 84.4 cm³/mol. The van der Waals surface area contributed by atoms with Crippen molar-refractivity contribution in [1.29, 1.82) is 0 Å². The third-order valence-electron chi connectivity index (χ3n) is 3.35. The third-order valence-corrected chi connectivity index (χ3v) is 3.35. The summed E-state index contributed by atoms with van der Waals surface area (Å²) in [6.07, 6.45) is -2.26. The summed E-state index contributed by atoms with van der Waals surface area (Å²) in [7, 11) is 2.85. The SMILES string of the molecule is COc1ccc(OC)c(C(=O)/C=C/c2ccccc2C(F)(F)F)c1. The smallest absolute Gasteiger partial charge is 0.416 e. The van der Waals surface area contributed by atoms with Gasteiger partial charge in [-0.1, -0.05) is 24.3 Å². The number of hydrogen-bond donors (Lipinski definition) is 0. The van der Waals surface area contributed by atoms with Crippen LogP contribution in [0.3, 0.4) is 0 Å². The fraction of sp³-hybridized carbons (Fsp3) is 0.167. The first-order valence-electron chi connectivity index (χ1n) is 6.97. The lowest BCUT2D eigenvalue weighted by Crippen LogP contribution is -2.07. The minimum absolute atomic E-state index is 0.0831. The number of carbonyl (C=O) groups excluding carboxylic acids is 1. The standard InChI is InChI=1S/C18H15F3O3/c1-23-13-8-10-17(24-2)14(11-13)16(22)9-7-12-5-3-4-6-15(12)18(19,20)21/h3-11H,1-2H3/b9-7+. The molecule has 0 heterocycles. The van der Waals surface area contributed by atoms with Crippen LogP contribution in [-0.2, 0) is 6.18 Å². The zero-order valence-electron chi connectivity index (χ0n) is 13.1. The molecule has 2 aromatic carbocycles. The highest BCUT2D eigenvalue weighted by atomic mass is 19.4. The maximum absolute atomic E-state index is 13.0. The Labute approximate surface area is 137 Å². The molecule has 0 aromatic heterocycles. The zero-order chi connectivity index (χ0) is 17.7. The Morgan fingerprint density at radius 2 is 1.75 bits per heavy atom. The molecule has 0 fully saturated rings. The Kier molecular flexibility index (Phi) is 5.28. The summed E-state index contributed by atoms with van der Waals surface area (Å²) in [6, 6.07) is 9.70. The Hall–Kier alpha value is -2.76. The fourth-order valence-electron chi connectivity index (χ4n) is 2.16. The van der Waals surface area contributed by atoms with Gasteiger partial charge in [-0.2, -0.15) is 13.2 Å². The van der Waals surface area contributed by atoms with Crippen molar-refractivity contribution in [3.63, 3.8) is 0 Å². The number of hydrogen-bond acceptors (Lipinski definition) is 3. The van der Waals surface area contributed by atoms with E-state index in [1.165, 1.54) is 38.5 Å². The van der Waals surface area contributed by atoms with Gasteiger partial charge in [-0.25, -0.2) is 0 Å². The van der Waals surface area contributed by atoms with E-state index >= 15 is 0 Å². The van der Waals surface area contributed by atoms with Gasteiger partial charge in [-0.05, 0) is 35.9 Å². The van der Waals surface area contributed by atoms with E-state index < -0.39 is 17.5 Å². The summed E-state index contributed by atoms with van der Waals surface area (Å²) in [6.45, 7) is 0. The molecule has 0 saturated carbocycles. The van der Waals surface area contributed by atoms with Gasteiger partial charge >= 0.3 is 6.18 Å². The summed E-state index contributed by atoms with van der Waals surface area (Å²) in [5.41, 5.74) is -0.676. The molecule has 24 heavy (non-hydrogen) atoms. The van der Waals surface area contributed by atoms with Crippen molar-refractivity contribution in [2.75, 3.05) is 14.2 Å². The van der Waals surface area contributed by atoms with Gasteiger partial charge in [0.15, 0.2) is 5.78 Å². The van der Waals surface area contributed by atoms with E-state index in [9.17, 15) is 18.0 Å². The second-order valence-electron chi connectivity index (χ2n) is 4.85. The average Bonchev–Trinajstić information content (AvgIpc) is 2.58. The molecule has 0 N–H and O–H groups in total. The average molecular weight is 336 g/mol. The molecule has 0 spiro atoms. The first-order valence-corrected chi connectivity index (χ1v) is 6.97. The predicted octanol–water partition coefficient (Wildman–Crippen LogP) is 4.62. The quantitative estimate of drug-likeness (QED) is 0.590. The lowest BCUT2D eigenvalue weighted by molar-refractivity contribution is -0.137. The Morgan fingerprint density at radius 1 is 1.04 bits per heavy atom. The minimum atomic E-state index is -4.49. The summed E-state index contributed by atoms with van der Waals surface area (Å²) >= 11 is 0. The van der Waals surface area contributed by atoms with E-state index in [2.05, 4.69) is 0 Å². The lowest BCUT2D eigenvalue weighted by atomic mass is 10.0. The van der Waals surface area contributed by atoms with Crippen molar-refractivity contribution < 1.29 is 27.4 Å². The Morgan fingerprint density at radius 3 is 2.38 bits per heavy atom. The maximum atomic E-state index is 13.0. The fourth-order valence-corrected chi connectivity index (χ4v) is 2.16. The number of allylic oxidation sites excluding steroid dienone is 1. The van der Waals surface area contributed by atoms with Gasteiger partial charge < -0.3 is 9.47 Å². The van der Waals surface area contributed by atoms with Crippen LogP contribution in [0.5, 0.6) is 11.5 Å². The number of ether oxygens (including phenoxy) is 2. The third kappa shape index (κ3) is 3.95. The summed E-state index contributed by atoms with van der Waals surface area (Å²) < 4.78 is 49.0. The van der Waals surface area contributed by atoms with Crippen molar-refractivity contribution >= 4 is 11.9 Å². The molecule has 3 nitrogen and oxygen atoms in total. The second-order valence-corrected chi connectivity index (χ2v) is 4.85. The van der Waals surface area contributed by atoms with Gasteiger partial charge in [0.05, 0.1) is 25.3 Å². The number of carbonyl (C=O) groups is 1. The number of alkyl halides is 3. The van der Waals surface area contributed by atoms with E-state index in [0.29, 0.717) is 11.5 Å². The maximum Gasteiger partial charge on any atom is 0.416 e. The molecule has 2 aromatic rings. The first-order chi connectivity index (χ1) is 11.4. The first kappa shape index (κ1) is 17.6. The highest BCUT2D eigenvalue weighted by Gasteiger charge is 2.32. The molecular formula is C18H15F3O3. The number of methoxy groups -OCH3 is 2. The molecule has 0 atom stereocenters. The van der Waals surface area contributed by atoms with Crippen LogP contribution in [0.2, 0.25) is 0 Å². The van der Waals surface area contributed by atoms with Crippen LogP contribution in [-0.4, -0.2) is 20.0 Å². The van der Waals surface area contributed by atoms with E-state index in [0.717, 1.165) is 18.2 Å². The summed E-state index contributed by atoms with van der Waals surface area (Å²) in [5.74, 6) is 0.278. The van der Waals surface area contributed by atoms with Crippen molar-refractivity contribution in [3.8, 4) is 11.5 Å². The molecule has 6 heteroatoms. The van der Waals surface area contributed by atoms with Crippen molar-refractivity contribution in [3.05, 3.63) is 65.2 Å². The number of rotatable bonds is 5. The van der Waals surface area contributed by atoms with Crippen LogP contribution in [0.15, 0.2) is 48.5 Å². The highest BCUT2D eigenvalue weighted by molar-refractivity contribution is 6.09. The molecule has 0 unspecified atom stereocenters. The van der Waals surface area contributed by atoms with Gasteiger partial charge in [0.1, 0.15) is 11.5 Å². The largest absolute Gasteiger partial charge is 0.497 e. The van der Waals surface area contributed by atoms with E-state index in [1.807, 2.05) is 0 Å². The van der Waals surface area contributed by atoms with E-state index in [-0.39, 0.29) is 11.1 Å². The topological polar surface area (TPSA) is 35.5 Å². The second kappa shape index (κ2) is 7.21. The van der Waals surface area contributed by atoms with Gasteiger partial charge in [-0.3, -0.25) is 4.79 Å². The minimum Gasteiger partial charge on any atom is -0.497 e. The lowest BCUT2D eigenvalue weighted by Gasteiger charge is -2.10. The number of benzene rings is 2. The van der Waals surface area contributed by atoms with Crippen molar-refractivity contribution in [2.45, 2.75) is 6.18 Å². The zero-order valence-corrected chi connectivity index (χ0v) is 13.1. The monoisotopic (exact) mass is 336 g/mol. The molecule has 0 aliphatic carbocycles. The highest BCUT2D eigenvalue weighted by Crippen LogP contribution is 2.32. The summed E-state index contributed by atoms with van der Waals surface area (Å²) in [5, 5.41) is 0. The van der Waals surface area contributed by atoms with Crippen molar-refractivity contribution in [2.24, 2.45) is 0 Å². The van der Waals surface area contributed by atoms with Crippen molar-refractivity contribution in [1.82, 2.24) is 0 Å². The normalized spacial score (nSPS) is 11.5. The van der Waals surface area contributed by atoms with Gasteiger partial charge in [0, 0.05) is 0 Å². The van der Waals surface area contributed by atoms with Gasteiger partial charge in [-0.15, -0.1) is 0 Å². The molecular weight excluding hydrogens is 321 g/mol. The Bertz CT molecular complexity index is 764. The molecule has 0 aliphatic rings. The van der Waals surface area contributed by atoms with Crippen LogP contribution >= 0.6 is 0 Å². The van der Waals surface area contributed by atoms with Crippen LogP contribution in [0, 0.1) is 0 Å². The molecule has 2 rings (SSSR count). The molecule has 0 amide bonds. The number of halogens is 3. The molecule has 0 aliphatic heterocycles. The molecule has 126 valence electrons. The van der Waals surface area contributed by atoms with E-state index in [1.54, 1.807) is 12.1 Å². The molecule has 0 radical (unpaired) electrons.